The fourth-order valence-corrected chi connectivity index (χ4v) is 15.0. The van der Waals surface area contributed by atoms with Crippen molar-refractivity contribution in [3.63, 3.8) is 0 Å². The summed E-state index contributed by atoms with van der Waals surface area (Å²) in [6.45, 7) is -0.151. The second-order valence-corrected chi connectivity index (χ2v) is 24.2. The monoisotopic (exact) mass is 1240 g/mol. The molecule has 3 aliphatic carbocycles. The lowest BCUT2D eigenvalue weighted by molar-refractivity contribution is -0.422. The number of anilines is 2. The number of aromatic amines is 2. The molecule has 90 heavy (non-hydrogen) atoms. The van der Waals surface area contributed by atoms with Crippen molar-refractivity contribution >= 4 is 35.4 Å². The Labute approximate surface area is 518 Å². The molecular formula is C66H78N8O16. The lowest BCUT2D eigenvalue weighted by Gasteiger charge is -2.58. The number of allylic oxidation sites excluding steroid dienone is 1. The molecule has 12 atom stereocenters. The molecule has 2 aromatic heterocycles. The molecular weight excluding hydrogens is 1160 g/mol. The number of phenols is 4. The highest BCUT2D eigenvalue weighted by Gasteiger charge is 2.72. The number of benzene rings is 4. The van der Waals surface area contributed by atoms with Crippen LogP contribution in [0.5, 0.6) is 28.7 Å². The van der Waals surface area contributed by atoms with Crippen LogP contribution in [-0.2, 0) is 45.5 Å². The standard InChI is InChI=1S/C66H78N8O16/c67-63(71-32-37-8-2-1-3-9-37)70-26-6-13-43(77)21-19-39-31-64(62(86)87)56(55(39)65-41(11-5-12-42(65)33-75)20-18-38-10-4-14-48(79)54(38)65)53-46(30-49(57(81)59(53)83)89-66(88)61(85)60(84)58(82)50(34-76)90-66)74(64)52(80)23-17-36-16-22-47(78)40(28-36)29-45-44(72-35-73-45)24-27-69-51-15-7-25-68-51/h1-4,7-10,14-17,22-23,25,28,30-31,35,41-43,50,55-56,58,60-61,68-69,75-79,81-85,88H,5-6,11-13,18-21,24,26-27,29,32-34H2,(H,72,73)(H,86,87)(H3,67,70,71)/b23-17+/t41-,42-,43+,50-,55-,56+,58-,60+,61-,64-,65+,66+/m1/s1. The average Bonchev–Trinajstić information content (AvgIpc) is 1.47. The van der Waals surface area contributed by atoms with E-state index in [9.17, 15) is 61.3 Å². The molecule has 24 nitrogen and oxygen atoms in total. The van der Waals surface area contributed by atoms with Crippen molar-refractivity contribution in [2.24, 2.45) is 28.5 Å². The number of H-pyrrole nitrogens is 2. The number of phenolic OH excluding ortho intramolecular Hbond substituents is 4. The summed E-state index contributed by atoms with van der Waals surface area (Å²) in [5.41, 5.74) is 6.62. The van der Waals surface area contributed by atoms with Gasteiger partial charge in [-0.2, -0.15) is 0 Å². The van der Waals surface area contributed by atoms with Gasteiger partial charge in [0.15, 0.2) is 29.1 Å². The quantitative estimate of drug-likeness (QED) is 0.00815. The number of amides is 1. The molecule has 478 valence electrons. The summed E-state index contributed by atoms with van der Waals surface area (Å²) in [5, 5.41) is 145. The number of fused-ring (bicyclic) bond motifs is 6. The van der Waals surface area contributed by atoms with Crippen molar-refractivity contribution in [1.29, 1.82) is 0 Å². The number of carbonyl (C=O) groups excluding carboxylic acids is 1. The van der Waals surface area contributed by atoms with Gasteiger partial charge in [-0.1, -0.05) is 60.5 Å². The summed E-state index contributed by atoms with van der Waals surface area (Å²) < 4.78 is 11.1. The zero-order valence-corrected chi connectivity index (χ0v) is 49.4. The van der Waals surface area contributed by atoms with E-state index in [1.54, 1.807) is 30.7 Å². The molecule has 1 amide bonds. The number of aryl methyl sites for hydroxylation is 1. The Morgan fingerprint density at radius 1 is 0.889 bits per heavy atom. The number of nitrogens with one attached hydrogen (secondary N) is 4. The number of nitrogens with zero attached hydrogens (tertiary/aromatic N) is 3. The number of aliphatic imine (C=N–C) groups is 1. The van der Waals surface area contributed by atoms with E-state index in [2.05, 4.69) is 30.6 Å². The van der Waals surface area contributed by atoms with Gasteiger partial charge in [-0.05, 0) is 122 Å². The highest BCUT2D eigenvalue weighted by molar-refractivity contribution is 6.14. The van der Waals surface area contributed by atoms with E-state index in [0.29, 0.717) is 86.8 Å². The fraction of sp³-hybridized carbons (Fsp3) is 0.424. The van der Waals surface area contributed by atoms with E-state index in [0.717, 1.165) is 45.4 Å². The van der Waals surface area contributed by atoms with E-state index < -0.39 is 108 Å². The molecule has 6 aromatic rings. The maximum atomic E-state index is 15.8. The van der Waals surface area contributed by atoms with Gasteiger partial charge in [0.2, 0.25) is 5.75 Å². The van der Waals surface area contributed by atoms with E-state index in [1.165, 1.54) is 24.3 Å². The van der Waals surface area contributed by atoms with Gasteiger partial charge in [-0.3, -0.25) is 9.69 Å². The number of aliphatic hydroxyl groups is 7. The molecule has 2 aliphatic heterocycles. The first-order valence-corrected chi connectivity index (χ1v) is 30.5. The van der Waals surface area contributed by atoms with Crippen LogP contribution < -0.4 is 26.0 Å². The molecule has 11 rings (SSSR count). The van der Waals surface area contributed by atoms with Gasteiger partial charge in [0.05, 0.1) is 37.0 Å². The SMILES string of the molecule is NC(=NCc1ccccc1)NCCC[C@H](O)CCC1=C[C@]2(C(=O)O)[C@@H](c3c(cc(O[C@]4(O)O[C@H](CO)[C@@H](O)[C@H](O)[C@H]4O)c(O)c3O)N2C(=O)/C=C/c2ccc(O)c(Cc3[nH]cnc3CCNc3ccc[nH]3)c2)[C@@H]1[C@@]12c3c(O)cccc3CC[C@H]1CCC[C@@H]2CO. The largest absolute Gasteiger partial charge is 0.508 e. The van der Waals surface area contributed by atoms with Crippen molar-refractivity contribution in [3.05, 3.63) is 160 Å². The summed E-state index contributed by atoms with van der Waals surface area (Å²) in [4.78, 5) is 47.1. The predicted octanol–water partition coefficient (Wildman–Crippen LogP) is 4.15. The minimum atomic E-state index is -3.37. The Morgan fingerprint density at radius 3 is 2.46 bits per heavy atom. The first-order valence-electron chi connectivity index (χ1n) is 30.5. The first-order chi connectivity index (χ1) is 43.3. The normalized spacial score (nSPS) is 27.3. The Bertz CT molecular complexity index is 3650. The summed E-state index contributed by atoms with van der Waals surface area (Å²) in [5.74, 6) is -11.8. The van der Waals surface area contributed by atoms with Gasteiger partial charge in [-0.15, -0.1) is 0 Å². The number of nitrogens with two attached hydrogens (primary N) is 1. The molecule has 24 heteroatoms. The van der Waals surface area contributed by atoms with Crippen molar-refractivity contribution in [1.82, 2.24) is 20.3 Å². The van der Waals surface area contributed by atoms with E-state index in [4.69, 9.17) is 15.2 Å². The summed E-state index contributed by atoms with van der Waals surface area (Å²) in [6, 6.07) is 24.1. The summed E-state index contributed by atoms with van der Waals surface area (Å²) in [6.07, 6.45) is 2.20. The number of carboxylic acids is 1. The minimum Gasteiger partial charge on any atom is -0.508 e. The van der Waals surface area contributed by atoms with Crippen LogP contribution in [-0.4, -0.2) is 162 Å². The maximum absolute atomic E-state index is 15.8. The van der Waals surface area contributed by atoms with Gasteiger partial charge >= 0.3 is 11.9 Å². The van der Waals surface area contributed by atoms with Crippen molar-refractivity contribution < 1.29 is 80.3 Å². The van der Waals surface area contributed by atoms with Crippen LogP contribution >= 0.6 is 0 Å². The molecule has 1 saturated carbocycles. The molecule has 0 radical (unpaired) electrons. The minimum absolute atomic E-state index is 0.0161. The van der Waals surface area contributed by atoms with Crippen LogP contribution in [0.4, 0.5) is 11.5 Å². The number of carboxylic acid groups (broad SMARTS) is 1. The number of aromatic hydroxyl groups is 4. The number of aromatic nitrogens is 3. The van der Waals surface area contributed by atoms with Gasteiger partial charge in [0.25, 0.3) is 5.91 Å². The molecule has 2 fully saturated rings. The molecule has 4 heterocycles. The number of ether oxygens (including phenoxy) is 2. The Morgan fingerprint density at radius 2 is 1.70 bits per heavy atom. The van der Waals surface area contributed by atoms with Gasteiger partial charge in [0.1, 0.15) is 35.6 Å². The molecule has 0 spiro atoms. The molecule has 5 aliphatic rings. The second-order valence-electron chi connectivity index (χ2n) is 24.2. The van der Waals surface area contributed by atoms with Crippen LogP contribution in [0, 0.1) is 17.8 Å². The van der Waals surface area contributed by atoms with Crippen LogP contribution in [0.1, 0.15) is 102 Å². The van der Waals surface area contributed by atoms with Crippen LogP contribution in [0.2, 0.25) is 0 Å². The van der Waals surface area contributed by atoms with Gasteiger partial charge in [-0.25, -0.2) is 14.8 Å². The number of imidazole rings is 1. The van der Waals surface area contributed by atoms with E-state index >= 15 is 9.59 Å². The predicted molar refractivity (Wildman–Crippen MR) is 329 cm³/mol. The number of aliphatic carboxylic acids is 1. The zero-order chi connectivity index (χ0) is 63.6. The van der Waals surface area contributed by atoms with E-state index in [-0.39, 0.29) is 60.3 Å². The molecule has 4 aromatic carbocycles. The number of hydrogen-bond acceptors (Lipinski definition) is 18. The highest BCUT2D eigenvalue weighted by Crippen LogP contribution is 2.72. The maximum Gasteiger partial charge on any atom is 0.355 e. The summed E-state index contributed by atoms with van der Waals surface area (Å²) >= 11 is 0. The van der Waals surface area contributed by atoms with E-state index in [1.807, 2.05) is 48.5 Å². The molecule has 0 unspecified atom stereocenters. The van der Waals surface area contributed by atoms with Gasteiger partial charge < -0.3 is 97.1 Å². The van der Waals surface area contributed by atoms with Crippen LogP contribution in [0.25, 0.3) is 6.08 Å². The van der Waals surface area contributed by atoms with Crippen molar-refractivity contribution in [3.8, 4) is 28.7 Å². The molecule has 18 N–H and O–H groups in total. The topological polar surface area (TPSA) is 406 Å². The number of carbonyl (C=O) groups is 2. The lowest BCUT2D eigenvalue weighted by Crippen LogP contribution is -2.67. The van der Waals surface area contributed by atoms with Crippen LogP contribution in [0.15, 0.2) is 120 Å². The Hall–Kier alpha value is -8.46. The number of rotatable bonds is 23. The first kappa shape index (κ1) is 63.1. The molecule has 1 saturated heterocycles. The number of hydrogen-bond donors (Lipinski definition) is 17. The third kappa shape index (κ3) is 11.6. The Kier molecular flexibility index (Phi) is 18.4. The third-order valence-corrected chi connectivity index (χ3v) is 19.1. The van der Waals surface area contributed by atoms with Crippen LogP contribution in [0.3, 0.4) is 0 Å². The smallest absolute Gasteiger partial charge is 0.355 e. The number of guanidine groups is 1. The summed E-state index contributed by atoms with van der Waals surface area (Å²) in [7, 11) is 0. The van der Waals surface area contributed by atoms with Crippen molar-refractivity contribution in [2.75, 3.05) is 36.5 Å². The highest BCUT2D eigenvalue weighted by atomic mass is 16.8. The average molecular weight is 1240 g/mol. The third-order valence-electron chi connectivity index (χ3n) is 19.1. The van der Waals surface area contributed by atoms with Crippen molar-refractivity contribution in [2.45, 2.75) is 131 Å². The van der Waals surface area contributed by atoms with Gasteiger partial charge in [0, 0.05) is 90.5 Å². The lowest BCUT2D eigenvalue weighted by atomic mass is 9.45. The fourth-order valence-electron chi connectivity index (χ4n) is 15.0. The zero-order valence-electron chi connectivity index (χ0n) is 49.4. The number of aliphatic hydroxyl groups excluding tert-OH is 6. The molecule has 0 bridgehead atoms. The second kappa shape index (κ2) is 26.2. The Balaban J connectivity index is 1.01.